The first-order valence-corrected chi connectivity index (χ1v) is 7.53. The summed E-state index contributed by atoms with van der Waals surface area (Å²) in [6.45, 7) is 7.52. The van der Waals surface area contributed by atoms with Crippen LogP contribution < -0.4 is 11.1 Å². The number of aliphatic hydroxyl groups excluding tert-OH is 1. The van der Waals surface area contributed by atoms with Crippen LogP contribution in [-0.2, 0) is 0 Å². The Morgan fingerprint density at radius 3 is 2.67 bits per heavy atom. The van der Waals surface area contributed by atoms with Crippen molar-refractivity contribution in [2.24, 2.45) is 0 Å². The van der Waals surface area contributed by atoms with E-state index in [4.69, 9.17) is 10.8 Å². The zero-order valence-electron chi connectivity index (χ0n) is 12.6. The smallest absolute Gasteiger partial charge is 0.263 e. The minimum absolute atomic E-state index is 0.0129. The van der Waals surface area contributed by atoms with Crippen LogP contribution in [0.3, 0.4) is 0 Å². The third-order valence-corrected chi connectivity index (χ3v) is 4.62. The zero-order valence-corrected chi connectivity index (χ0v) is 13.5. The lowest BCUT2D eigenvalue weighted by Crippen LogP contribution is -2.43. The molecule has 0 saturated carbocycles. The molecule has 0 bridgehead atoms. The number of nitrogens with zero attached hydrogens (tertiary/aromatic N) is 2. The quantitative estimate of drug-likeness (QED) is 0.799. The Labute approximate surface area is 127 Å². The molecule has 2 aromatic heterocycles. The Balaban J connectivity index is 2.41. The number of fused-ring (bicyclic) bond motifs is 1. The number of amides is 1. The number of anilines is 1. The molecule has 0 fully saturated rings. The van der Waals surface area contributed by atoms with Gasteiger partial charge in [-0.2, -0.15) is 5.10 Å². The van der Waals surface area contributed by atoms with E-state index in [1.807, 2.05) is 27.7 Å². The van der Waals surface area contributed by atoms with Crippen LogP contribution in [-0.4, -0.2) is 33.4 Å². The molecule has 114 valence electrons. The summed E-state index contributed by atoms with van der Waals surface area (Å²) in [6, 6.07) is 0. The van der Waals surface area contributed by atoms with Gasteiger partial charge in [-0.3, -0.25) is 4.79 Å². The molecule has 0 unspecified atom stereocenters. The van der Waals surface area contributed by atoms with Crippen molar-refractivity contribution in [1.82, 2.24) is 15.5 Å². The maximum atomic E-state index is 12.4. The number of aryl methyl sites for hydroxylation is 2. The second kappa shape index (κ2) is 5.57. The molecule has 0 aliphatic rings. The van der Waals surface area contributed by atoms with Crippen LogP contribution in [0.25, 0.3) is 10.2 Å². The normalized spacial score (nSPS) is 11.9. The average molecular weight is 308 g/mol. The number of thiophene rings is 1. The van der Waals surface area contributed by atoms with Crippen LogP contribution >= 0.6 is 11.3 Å². The highest BCUT2D eigenvalue weighted by atomic mass is 32.1. The first kappa shape index (κ1) is 15.7. The molecule has 0 radical (unpaired) electrons. The molecule has 0 aromatic carbocycles. The molecule has 2 rings (SSSR count). The third kappa shape index (κ3) is 2.98. The van der Waals surface area contributed by atoms with Gasteiger partial charge in [0.25, 0.3) is 5.91 Å². The fourth-order valence-corrected chi connectivity index (χ4v) is 3.11. The second-order valence-corrected chi connectivity index (χ2v) is 6.75. The van der Waals surface area contributed by atoms with E-state index in [2.05, 4.69) is 15.5 Å². The van der Waals surface area contributed by atoms with E-state index in [0.29, 0.717) is 21.8 Å². The standard InChI is InChI=1S/C14H20N4O2S/c1-7-8(2)17-18-13-9(7)10(15)11(21-13)12(20)16-14(3,4)5-6-19/h19H,5-6,15H2,1-4H3,(H,16,20). The summed E-state index contributed by atoms with van der Waals surface area (Å²) >= 11 is 1.24. The number of hydrogen-bond acceptors (Lipinski definition) is 6. The molecule has 0 saturated heterocycles. The van der Waals surface area contributed by atoms with E-state index in [0.717, 1.165) is 16.6 Å². The van der Waals surface area contributed by atoms with E-state index in [9.17, 15) is 4.79 Å². The molecule has 0 spiro atoms. The summed E-state index contributed by atoms with van der Waals surface area (Å²) in [4.78, 5) is 13.5. The van der Waals surface area contributed by atoms with Gasteiger partial charge in [0.15, 0.2) is 0 Å². The SMILES string of the molecule is Cc1nnc2sc(C(=O)NC(C)(C)CCO)c(N)c2c1C. The Morgan fingerprint density at radius 2 is 2.05 bits per heavy atom. The van der Waals surface area contributed by atoms with E-state index < -0.39 is 5.54 Å². The topological polar surface area (TPSA) is 101 Å². The number of rotatable bonds is 4. The number of nitrogens with one attached hydrogen (secondary N) is 1. The molecular formula is C14H20N4O2S. The maximum Gasteiger partial charge on any atom is 0.263 e. The molecule has 21 heavy (non-hydrogen) atoms. The van der Waals surface area contributed by atoms with E-state index in [1.54, 1.807) is 0 Å². The fourth-order valence-electron chi connectivity index (χ4n) is 2.12. The second-order valence-electron chi connectivity index (χ2n) is 5.75. The van der Waals surface area contributed by atoms with Crippen molar-refractivity contribution in [3.63, 3.8) is 0 Å². The molecule has 2 aromatic rings. The van der Waals surface area contributed by atoms with Gasteiger partial charge < -0.3 is 16.2 Å². The molecule has 7 heteroatoms. The summed E-state index contributed by atoms with van der Waals surface area (Å²) in [7, 11) is 0. The molecule has 0 aliphatic carbocycles. The number of hydrogen-bond donors (Lipinski definition) is 3. The summed E-state index contributed by atoms with van der Waals surface area (Å²) in [6.07, 6.45) is 0.474. The van der Waals surface area contributed by atoms with Gasteiger partial charge in [-0.25, -0.2) is 0 Å². The number of aromatic nitrogens is 2. The van der Waals surface area contributed by atoms with Crippen molar-refractivity contribution >= 4 is 33.1 Å². The van der Waals surface area contributed by atoms with Gasteiger partial charge in [0.05, 0.1) is 11.4 Å². The molecule has 1 amide bonds. The highest BCUT2D eigenvalue weighted by molar-refractivity contribution is 7.21. The van der Waals surface area contributed by atoms with E-state index in [-0.39, 0.29) is 12.5 Å². The number of nitrogen functional groups attached to an aromatic ring is 1. The minimum atomic E-state index is -0.495. The lowest BCUT2D eigenvalue weighted by molar-refractivity contribution is 0.0904. The Kier molecular flexibility index (Phi) is 4.15. The molecule has 0 aliphatic heterocycles. The predicted molar refractivity (Wildman–Crippen MR) is 84.5 cm³/mol. The zero-order chi connectivity index (χ0) is 15.8. The summed E-state index contributed by atoms with van der Waals surface area (Å²) in [5.41, 5.74) is 7.84. The van der Waals surface area contributed by atoms with Crippen molar-refractivity contribution in [3.05, 3.63) is 16.1 Å². The molecule has 0 atom stereocenters. The predicted octanol–water partition coefficient (Wildman–Crippen LogP) is 1.78. The highest BCUT2D eigenvalue weighted by Crippen LogP contribution is 2.35. The minimum Gasteiger partial charge on any atom is -0.397 e. The van der Waals surface area contributed by atoms with E-state index >= 15 is 0 Å². The first-order valence-electron chi connectivity index (χ1n) is 6.72. The van der Waals surface area contributed by atoms with Crippen molar-refractivity contribution in [3.8, 4) is 0 Å². The van der Waals surface area contributed by atoms with Crippen molar-refractivity contribution in [1.29, 1.82) is 0 Å². The van der Waals surface area contributed by atoms with Gasteiger partial charge in [0.2, 0.25) is 0 Å². The summed E-state index contributed by atoms with van der Waals surface area (Å²) in [5, 5.41) is 20.9. The lowest BCUT2D eigenvalue weighted by Gasteiger charge is -2.25. The van der Waals surface area contributed by atoms with Gasteiger partial charge in [-0.15, -0.1) is 16.4 Å². The average Bonchev–Trinajstić information content (AvgIpc) is 2.71. The Morgan fingerprint density at radius 1 is 1.38 bits per heavy atom. The van der Waals surface area contributed by atoms with Crippen LogP contribution in [0.5, 0.6) is 0 Å². The number of nitrogens with two attached hydrogens (primary N) is 1. The van der Waals surface area contributed by atoms with Gasteiger partial charge >= 0.3 is 0 Å². The van der Waals surface area contributed by atoms with Gasteiger partial charge in [-0.05, 0) is 39.7 Å². The van der Waals surface area contributed by atoms with E-state index in [1.165, 1.54) is 11.3 Å². The molecule has 4 N–H and O–H groups in total. The maximum absolute atomic E-state index is 12.4. The Bertz CT molecular complexity index is 694. The van der Waals surface area contributed by atoms with Crippen LogP contribution in [0, 0.1) is 13.8 Å². The van der Waals surface area contributed by atoms with Crippen LogP contribution in [0.1, 0.15) is 41.2 Å². The van der Waals surface area contributed by atoms with Crippen molar-refractivity contribution < 1.29 is 9.90 Å². The fraction of sp³-hybridized carbons (Fsp3) is 0.500. The number of carbonyl (C=O) groups excluding carboxylic acids is 1. The van der Waals surface area contributed by atoms with Gasteiger partial charge in [0.1, 0.15) is 9.71 Å². The number of carbonyl (C=O) groups is 1. The van der Waals surface area contributed by atoms with Crippen molar-refractivity contribution in [2.75, 3.05) is 12.3 Å². The Hall–Kier alpha value is -1.73. The summed E-state index contributed by atoms with van der Waals surface area (Å²) < 4.78 is 0. The summed E-state index contributed by atoms with van der Waals surface area (Å²) in [5.74, 6) is -0.244. The van der Waals surface area contributed by atoms with Crippen molar-refractivity contribution in [2.45, 2.75) is 39.7 Å². The molecule has 2 heterocycles. The van der Waals surface area contributed by atoms with Gasteiger partial charge in [-0.1, -0.05) is 0 Å². The first-order chi connectivity index (χ1) is 9.76. The lowest BCUT2D eigenvalue weighted by atomic mass is 10.0. The van der Waals surface area contributed by atoms with Crippen LogP contribution in [0.15, 0.2) is 0 Å². The highest BCUT2D eigenvalue weighted by Gasteiger charge is 2.25. The molecular weight excluding hydrogens is 288 g/mol. The largest absolute Gasteiger partial charge is 0.397 e. The third-order valence-electron chi connectivity index (χ3n) is 3.53. The van der Waals surface area contributed by atoms with Crippen LogP contribution in [0.4, 0.5) is 5.69 Å². The van der Waals surface area contributed by atoms with Gasteiger partial charge in [0, 0.05) is 17.5 Å². The number of aliphatic hydroxyl groups is 1. The molecule has 6 nitrogen and oxygen atoms in total. The monoisotopic (exact) mass is 308 g/mol. The van der Waals surface area contributed by atoms with Crippen LogP contribution in [0.2, 0.25) is 0 Å².